The number of nitrogens with one attached hydrogen (secondary N) is 1. The minimum absolute atomic E-state index is 0.0569. The van der Waals surface area contributed by atoms with E-state index < -0.39 is 11.9 Å². The molecule has 1 aliphatic heterocycles. The monoisotopic (exact) mass is 430 g/mol. The average Bonchev–Trinajstić information content (AvgIpc) is 3.25. The van der Waals surface area contributed by atoms with Crippen molar-refractivity contribution in [2.24, 2.45) is 0 Å². The molecule has 1 atom stereocenters. The smallest absolute Gasteiger partial charge is 0.309 e. The molecule has 1 N–H and O–H groups in total. The Morgan fingerprint density at radius 2 is 1.88 bits per heavy atom. The molecule has 4 aromatic rings. The van der Waals surface area contributed by atoms with E-state index in [9.17, 15) is 9.59 Å². The summed E-state index contributed by atoms with van der Waals surface area (Å²) in [7, 11) is 1.61. The standard InChI is InChI=1S/C22H18N6O4/c1-28-17-10-14-15(24-8-7-23-14)11-18(17)31-12-16(22(28)30)25-20(29)21-27-26-19(32-21)9-13-5-3-2-4-6-13/h2-8,10-11,16H,9,12H2,1H3,(H,25,29)/t16-/m0/s1. The molecule has 1 aliphatic rings. The highest BCUT2D eigenvalue weighted by molar-refractivity contribution is 6.03. The van der Waals surface area contributed by atoms with Gasteiger partial charge in [-0.2, -0.15) is 0 Å². The lowest BCUT2D eigenvalue weighted by Crippen LogP contribution is -2.49. The lowest BCUT2D eigenvalue weighted by Gasteiger charge is -2.20. The fraction of sp³-hybridized carbons (Fsp3) is 0.182. The van der Waals surface area contributed by atoms with Crippen LogP contribution in [0.4, 0.5) is 5.69 Å². The maximum absolute atomic E-state index is 13.0. The second-order valence-corrected chi connectivity index (χ2v) is 7.26. The number of likely N-dealkylation sites (N-methyl/N-ethyl adjacent to an activating group) is 1. The summed E-state index contributed by atoms with van der Waals surface area (Å²) >= 11 is 0. The van der Waals surface area contributed by atoms with Gasteiger partial charge in [0.25, 0.3) is 5.91 Å². The van der Waals surface area contributed by atoms with Crippen LogP contribution in [0.2, 0.25) is 0 Å². The van der Waals surface area contributed by atoms with Crippen LogP contribution in [0, 0.1) is 0 Å². The van der Waals surface area contributed by atoms with Crippen molar-refractivity contribution >= 4 is 28.5 Å². The highest BCUT2D eigenvalue weighted by atomic mass is 16.5. The summed E-state index contributed by atoms with van der Waals surface area (Å²) < 4.78 is 11.3. The van der Waals surface area contributed by atoms with Gasteiger partial charge in [0.05, 0.1) is 23.1 Å². The Morgan fingerprint density at radius 1 is 1.12 bits per heavy atom. The zero-order valence-corrected chi connectivity index (χ0v) is 17.1. The molecule has 160 valence electrons. The van der Waals surface area contributed by atoms with Crippen molar-refractivity contribution in [1.82, 2.24) is 25.5 Å². The number of fused-ring (bicyclic) bond motifs is 2. The normalized spacial score (nSPS) is 15.7. The van der Waals surface area contributed by atoms with Crippen LogP contribution in [0.15, 0.2) is 59.3 Å². The maximum atomic E-state index is 13.0. The van der Waals surface area contributed by atoms with E-state index in [1.807, 2.05) is 30.3 Å². The quantitative estimate of drug-likeness (QED) is 0.519. The topological polar surface area (TPSA) is 123 Å². The van der Waals surface area contributed by atoms with Gasteiger partial charge >= 0.3 is 11.8 Å². The molecule has 32 heavy (non-hydrogen) atoms. The number of ether oxygens (including phenoxy) is 1. The summed E-state index contributed by atoms with van der Waals surface area (Å²) in [6.45, 7) is -0.0569. The molecule has 0 aliphatic carbocycles. The number of rotatable bonds is 4. The number of benzene rings is 2. The SMILES string of the molecule is CN1C(=O)[C@@H](NC(=O)c2nnc(Cc3ccccc3)o2)COc2cc3nccnc3cc21. The first kappa shape index (κ1) is 19.6. The zero-order chi connectivity index (χ0) is 22.1. The fourth-order valence-electron chi connectivity index (χ4n) is 3.47. The van der Waals surface area contributed by atoms with Crippen LogP contribution in [0.25, 0.3) is 11.0 Å². The Morgan fingerprint density at radius 3 is 2.66 bits per heavy atom. The van der Waals surface area contributed by atoms with Crippen molar-refractivity contribution in [3.05, 3.63) is 72.2 Å². The van der Waals surface area contributed by atoms with Crippen LogP contribution in [0.5, 0.6) is 5.75 Å². The Bertz CT molecular complexity index is 1310. The summed E-state index contributed by atoms with van der Waals surface area (Å²) in [6, 6.07) is 12.1. The lowest BCUT2D eigenvalue weighted by atomic mass is 10.2. The van der Waals surface area contributed by atoms with Crippen LogP contribution in [-0.2, 0) is 11.2 Å². The maximum Gasteiger partial charge on any atom is 0.309 e. The van der Waals surface area contributed by atoms with Gasteiger partial charge in [-0.15, -0.1) is 10.2 Å². The number of nitrogens with zero attached hydrogens (tertiary/aromatic N) is 5. The molecule has 10 nitrogen and oxygen atoms in total. The van der Waals surface area contributed by atoms with E-state index in [0.29, 0.717) is 34.8 Å². The summed E-state index contributed by atoms with van der Waals surface area (Å²) in [4.78, 5) is 35.6. The Kier molecular flexibility index (Phi) is 4.94. The van der Waals surface area contributed by atoms with E-state index in [1.165, 1.54) is 4.90 Å². The molecule has 0 fully saturated rings. The van der Waals surface area contributed by atoms with Crippen molar-refractivity contribution < 1.29 is 18.7 Å². The van der Waals surface area contributed by atoms with Crippen LogP contribution in [-0.4, -0.2) is 51.7 Å². The molecule has 2 aromatic heterocycles. The second-order valence-electron chi connectivity index (χ2n) is 7.26. The summed E-state index contributed by atoms with van der Waals surface area (Å²) in [6.07, 6.45) is 3.56. The molecule has 3 heterocycles. The molecule has 0 spiro atoms. The van der Waals surface area contributed by atoms with E-state index in [0.717, 1.165) is 5.56 Å². The summed E-state index contributed by atoms with van der Waals surface area (Å²) in [5, 5.41) is 10.4. The van der Waals surface area contributed by atoms with Crippen molar-refractivity contribution in [3.8, 4) is 5.75 Å². The van der Waals surface area contributed by atoms with Crippen molar-refractivity contribution in [1.29, 1.82) is 0 Å². The number of carbonyl (C=O) groups excluding carboxylic acids is 2. The Balaban J connectivity index is 1.32. The summed E-state index contributed by atoms with van der Waals surface area (Å²) in [5.74, 6) is -0.419. The molecular weight excluding hydrogens is 412 g/mol. The minimum atomic E-state index is -0.937. The van der Waals surface area contributed by atoms with Gasteiger partial charge < -0.3 is 19.4 Å². The first-order chi connectivity index (χ1) is 15.6. The molecule has 2 aromatic carbocycles. The molecule has 10 heteroatoms. The van der Waals surface area contributed by atoms with E-state index >= 15 is 0 Å². The number of aromatic nitrogens is 4. The van der Waals surface area contributed by atoms with E-state index in [-0.39, 0.29) is 18.4 Å². The van der Waals surface area contributed by atoms with Gasteiger partial charge in [-0.05, 0) is 11.6 Å². The number of amides is 2. The van der Waals surface area contributed by atoms with Crippen molar-refractivity contribution in [3.63, 3.8) is 0 Å². The lowest BCUT2D eigenvalue weighted by molar-refractivity contribution is -0.120. The number of anilines is 1. The molecular formula is C22H18N6O4. The molecule has 5 rings (SSSR count). The molecule has 0 saturated heterocycles. The van der Waals surface area contributed by atoms with Gasteiger partial charge in [0.15, 0.2) is 0 Å². The number of hydrogen-bond acceptors (Lipinski definition) is 8. The zero-order valence-electron chi connectivity index (χ0n) is 17.1. The summed E-state index contributed by atoms with van der Waals surface area (Å²) in [5.41, 5.74) is 2.80. The van der Waals surface area contributed by atoms with Crippen LogP contribution in [0.3, 0.4) is 0 Å². The Hall–Kier alpha value is -4.34. The predicted molar refractivity (Wildman–Crippen MR) is 113 cm³/mol. The highest BCUT2D eigenvalue weighted by Crippen LogP contribution is 2.33. The minimum Gasteiger partial charge on any atom is -0.489 e. The van der Waals surface area contributed by atoms with Crippen LogP contribution in [0.1, 0.15) is 22.1 Å². The van der Waals surface area contributed by atoms with Gasteiger partial charge in [0.1, 0.15) is 18.4 Å². The van der Waals surface area contributed by atoms with Gasteiger partial charge in [0.2, 0.25) is 5.89 Å². The van der Waals surface area contributed by atoms with Crippen molar-refractivity contribution in [2.45, 2.75) is 12.5 Å². The van der Waals surface area contributed by atoms with E-state index in [2.05, 4.69) is 25.5 Å². The van der Waals surface area contributed by atoms with E-state index in [1.54, 1.807) is 31.6 Å². The molecule has 0 unspecified atom stereocenters. The van der Waals surface area contributed by atoms with E-state index in [4.69, 9.17) is 9.15 Å². The predicted octanol–water partition coefficient (Wildman–Crippen LogP) is 1.76. The second kappa shape index (κ2) is 8.06. The molecule has 0 bridgehead atoms. The van der Waals surface area contributed by atoms with Gasteiger partial charge in [-0.3, -0.25) is 19.6 Å². The van der Waals surface area contributed by atoms with Gasteiger partial charge in [0, 0.05) is 25.5 Å². The third-order valence-corrected chi connectivity index (χ3v) is 5.11. The first-order valence-corrected chi connectivity index (χ1v) is 9.91. The van der Waals surface area contributed by atoms with Gasteiger partial charge in [-0.1, -0.05) is 30.3 Å². The highest BCUT2D eigenvalue weighted by Gasteiger charge is 2.32. The molecule has 2 amide bonds. The first-order valence-electron chi connectivity index (χ1n) is 9.91. The number of carbonyl (C=O) groups is 2. The van der Waals surface area contributed by atoms with Crippen LogP contribution < -0.4 is 15.0 Å². The fourth-order valence-corrected chi connectivity index (χ4v) is 3.47. The number of hydrogen-bond donors (Lipinski definition) is 1. The average molecular weight is 430 g/mol. The van der Waals surface area contributed by atoms with Crippen LogP contribution >= 0.6 is 0 Å². The molecule has 0 radical (unpaired) electrons. The van der Waals surface area contributed by atoms with Gasteiger partial charge in [-0.25, -0.2) is 0 Å². The van der Waals surface area contributed by atoms with Crippen molar-refractivity contribution in [2.75, 3.05) is 18.6 Å². The Labute approximate surface area is 182 Å². The molecule has 0 saturated carbocycles. The largest absolute Gasteiger partial charge is 0.489 e. The third kappa shape index (κ3) is 3.73. The third-order valence-electron chi connectivity index (χ3n) is 5.11.